The van der Waals surface area contributed by atoms with Crippen molar-refractivity contribution in [2.75, 3.05) is 13.2 Å². The van der Waals surface area contributed by atoms with Gasteiger partial charge in [-0.05, 0) is 44.9 Å². The molecule has 0 radical (unpaired) electrons. The summed E-state index contributed by atoms with van der Waals surface area (Å²) in [6.45, 7) is 3.79. The number of aliphatic hydroxyl groups excluding tert-OH is 5. The lowest BCUT2D eigenvalue weighted by Gasteiger charge is -2.40. The number of amides is 1. The van der Waals surface area contributed by atoms with Gasteiger partial charge in [-0.3, -0.25) is 4.79 Å². The molecule has 0 aromatic carbocycles. The van der Waals surface area contributed by atoms with E-state index in [1.807, 2.05) is 6.08 Å². The van der Waals surface area contributed by atoms with E-state index in [4.69, 9.17) is 9.47 Å². The Morgan fingerprint density at radius 3 is 1.22 bits per heavy atom. The summed E-state index contributed by atoms with van der Waals surface area (Å²) in [5, 5.41) is 54.5. The first-order chi connectivity index (χ1) is 33.8. The Morgan fingerprint density at radius 1 is 0.478 bits per heavy atom. The second-order valence-corrected chi connectivity index (χ2v) is 20.8. The zero-order valence-electron chi connectivity index (χ0n) is 45.1. The van der Waals surface area contributed by atoms with E-state index in [1.165, 1.54) is 218 Å². The standard InChI is InChI=1S/C60H113NO8/c1-3-5-7-9-11-13-15-17-19-21-22-23-24-25-26-27-28-29-30-31-32-34-35-37-39-41-43-45-47-49-54(63)53(52-68-60-59(67)58(66)57(65)55(51-62)69-60)61-56(64)50-48-46-44-42-40-38-36-33-20-18-16-14-12-10-8-6-4-2/h32,34,39,41,47,49,53-55,57-60,62-63,65-67H,3-31,33,35-38,40,42-46,48,50-52H2,1-2H3,(H,61,64)/b34-32+,41-39+,49-47+. The average Bonchev–Trinajstić information content (AvgIpc) is 3.35. The lowest BCUT2D eigenvalue weighted by Crippen LogP contribution is -2.60. The Balaban J connectivity index is 2.23. The Labute approximate surface area is 425 Å². The summed E-state index contributed by atoms with van der Waals surface area (Å²) in [7, 11) is 0. The van der Waals surface area contributed by atoms with Gasteiger partial charge in [-0.15, -0.1) is 0 Å². The van der Waals surface area contributed by atoms with Crippen LogP contribution >= 0.6 is 0 Å². The molecule has 1 aliphatic rings. The van der Waals surface area contributed by atoms with Gasteiger partial charge < -0.3 is 40.3 Å². The fourth-order valence-electron chi connectivity index (χ4n) is 9.49. The Morgan fingerprint density at radius 2 is 0.826 bits per heavy atom. The van der Waals surface area contributed by atoms with Crippen LogP contribution in [0.3, 0.4) is 0 Å². The molecule has 1 aliphatic heterocycles. The number of carbonyl (C=O) groups excluding carboxylic acids is 1. The molecule has 69 heavy (non-hydrogen) atoms. The van der Waals surface area contributed by atoms with E-state index in [1.54, 1.807) is 6.08 Å². The lowest BCUT2D eigenvalue weighted by molar-refractivity contribution is -0.302. The topological polar surface area (TPSA) is 149 Å². The van der Waals surface area contributed by atoms with Crippen molar-refractivity contribution in [1.29, 1.82) is 0 Å². The van der Waals surface area contributed by atoms with E-state index in [-0.39, 0.29) is 12.5 Å². The number of rotatable bonds is 51. The molecule has 7 unspecified atom stereocenters. The number of hydrogen-bond donors (Lipinski definition) is 6. The number of nitrogens with one attached hydrogen (secondary N) is 1. The summed E-state index contributed by atoms with van der Waals surface area (Å²) in [4.78, 5) is 13.0. The van der Waals surface area contributed by atoms with Crippen molar-refractivity contribution in [3.05, 3.63) is 36.5 Å². The maximum atomic E-state index is 13.0. The van der Waals surface area contributed by atoms with E-state index in [0.717, 1.165) is 44.9 Å². The molecule has 1 saturated heterocycles. The Hall–Kier alpha value is -1.59. The third-order valence-electron chi connectivity index (χ3n) is 14.2. The molecule has 1 rings (SSSR count). The first-order valence-corrected chi connectivity index (χ1v) is 29.7. The molecule has 406 valence electrons. The first-order valence-electron chi connectivity index (χ1n) is 29.7. The fourth-order valence-corrected chi connectivity index (χ4v) is 9.49. The van der Waals surface area contributed by atoms with Crippen LogP contribution in [0, 0.1) is 0 Å². The summed E-state index contributed by atoms with van der Waals surface area (Å²) in [5.41, 5.74) is 0. The average molecular weight is 977 g/mol. The second-order valence-electron chi connectivity index (χ2n) is 20.8. The van der Waals surface area contributed by atoms with E-state index in [9.17, 15) is 30.3 Å². The van der Waals surface area contributed by atoms with Gasteiger partial charge in [-0.25, -0.2) is 0 Å². The third-order valence-corrected chi connectivity index (χ3v) is 14.2. The maximum absolute atomic E-state index is 13.0. The molecule has 9 heteroatoms. The highest BCUT2D eigenvalue weighted by Crippen LogP contribution is 2.23. The number of allylic oxidation sites excluding steroid dienone is 5. The first kappa shape index (κ1) is 65.4. The molecule has 0 aromatic heterocycles. The molecule has 0 bridgehead atoms. The summed E-state index contributed by atoms with van der Waals surface area (Å²) in [5.74, 6) is -0.187. The normalized spacial score (nSPS) is 19.7. The Bertz CT molecular complexity index is 1180. The van der Waals surface area contributed by atoms with Gasteiger partial charge in [0.1, 0.15) is 24.4 Å². The minimum atomic E-state index is -1.57. The highest BCUT2D eigenvalue weighted by atomic mass is 16.7. The molecule has 1 heterocycles. The molecular formula is C60H113NO8. The molecule has 0 spiro atoms. The molecule has 0 saturated carbocycles. The van der Waals surface area contributed by atoms with Gasteiger partial charge in [0.15, 0.2) is 6.29 Å². The van der Waals surface area contributed by atoms with Gasteiger partial charge >= 0.3 is 0 Å². The largest absolute Gasteiger partial charge is 0.394 e. The zero-order valence-corrected chi connectivity index (χ0v) is 45.1. The molecule has 0 aliphatic carbocycles. The van der Waals surface area contributed by atoms with Gasteiger partial charge in [-0.2, -0.15) is 0 Å². The molecule has 0 aromatic rings. The predicted octanol–water partition coefficient (Wildman–Crippen LogP) is 14.7. The predicted molar refractivity (Wildman–Crippen MR) is 290 cm³/mol. The van der Waals surface area contributed by atoms with Crippen molar-refractivity contribution in [1.82, 2.24) is 5.32 Å². The van der Waals surface area contributed by atoms with E-state index >= 15 is 0 Å². The van der Waals surface area contributed by atoms with Gasteiger partial charge in [0, 0.05) is 6.42 Å². The molecule has 9 nitrogen and oxygen atoms in total. The summed E-state index contributed by atoms with van der Waals surface area (Å²) < 4.78 is 11.3. The zero-order chi connectivity index (χ0) is 50.1. The van der Waals surface area contributed by atoms with Crippen molar-refractivity contribution in [2.45, 2.75) is 326 Å². The minimum Gasteiger partial charge on any atom is -0.394 e. The number of unbranched alkanes of at least 4 members (excludes halogenated alkanes) is 37. The van der Waals surface area contributed by atoms with Crippen LogP contribution in [0.2, 0.25) is 0 Å². The smallest absolute Gasteiger partial charge is 0.220 e. The summed E-state index contributed by atoms with van der Waals surface area (Å²) in [6, 6.07) is -0.826. The van der Waals surface area contributed by atoms with Crippen LogP contribution in [0.1, 0.15) is 284 Å². The fraction of sp³-hybridized carbons (Fsp3) is 0.883. The van der Waals surface area contributed by atoms with Crippen LogP contribution in [0.4, 0.5) is 0 Å². The van der Waals surface area contributed by atoms with E-state index < -0.39 is 49.5 Å². The third kappa shape index (κ3) is 39.6. The van der Waals surface area contributed by atoms with Crippen molar-refractivity contribution < 1.29 is 39.8 Å². The number of hydrogen-bond acceptors (Lipinski definition) is 8. The van der Waals surface area contributed by atoms with Crippen molar-refractivity contribution in [3.63, 3.8) is 0 Å². The molecule has 7 atom stereocenters. The van der Waals surface area contributed by atoms with Crippen LogP contribution in [0.25, 0.3) is 0 Å². The Kier molecular flexibility index (Phi) is 47.4. The number of ether oxygens (including phenoxy) is 2. The van der Waals surface area contributed by atoms with Gasteiger partial charge in [0.2, 0.25) is 5.91 Å². The molecule has 1 amide bonds. The van der Waals surface area contributed by atoms with Crippen molar-refractivity contribution in [2.24, 2.45) is 0 Å². The molecule has 1 fully saturated rings. The highest BCUT2D eigenvalue weighted by Gasteiger charge is 2.44. The van der Waals surface area contributed by atoms with Crippen LogP contribution in [0.5, 0.6) is 0 Å². The van der Waals surface area contributed by atoms with Gasteiger partial charge in [-0.1, -0.05) is 269 Å². The van der Waals surface area contributed by atoms with Gasteiger partial charge in [0.05, 0.1) is 25.4 Å². The van der Waals surface area contributed by atoms with Crippen molar-refractivity contribution in [3.8, 4) is 0 Å². The second kappa shape index (κ2) is 50.0. The van der Waals surface area contributed by atoms with Crippen molar-refractivity contribution >= 4 is 5.91 Å². The van der Waals surface area contributed by atoms with Crippen LogP contribution in [-0.4, -0.2) is 87.5 Å². The number of aliphatic hydroxyl groups is 5. The quantitative estimate of drug-likeness (QED) is 0.0261. The summed E-state index contributed by atoms with van der Waals surface area (Å²) in [6.07, 6.45) is 58.0. The highest BCUT2D eigenvalue weighted by molar-refractivity contribution is 5.76. The SMILES string of the molecule is CCCCCCCCCCCCCCCCCCCCC/C=C/CC/C=C/CC/C=C/C(O)C(COC1OC(CO)C(O)C(O)C1O)NC(=O)CCCCCCCCCCCCCCCCCCC. The monoisotopic (exact) mass is 976 g/mol. The number of carbonyl (C=O) groups is 1. The molecular weight excluding hydrogens is 863 g/mol. The van der Waals surface area contributed by atoms with E-state index in [0.29, 0.717) is 6.42 Å². The van der Waals surface area contributed by atoms with Crippen LogP contribution in [-0.2, 0) is 14.3 Å². The van der Waals surface area contributed by atoms with Crippen LogP contribution < -0.4 is 5.32 Å². The lowest BCUT2D eigenvalue weighted by atomic mass is 9.99. The molecule has 6 N–H and O–H groups in total. The van der Waals surface area contributed by atoms with Gasteiger partial charge in [0.25, 0.3) is 0 Å². The van der Waals surface area contributed by atoms with E-state index in [2.05, 4.69) is 43.5 Å². The maximum Gasteiger partial charge on any atom is 0.220 e. The minimum absolute atomic E-state index is 0.187. The summed E-state index contributed by atoms with van der Waals surface area (Å²) >= 11 is 0. The van der Waals surface area contributed by atoms with Crippen LogP contribution in [0.15, 0.2) is 36.5 Å².